The van der Waals surface area contributed by atoms with Gasteiger partial charge in [-0.2, -0.15) is 0 Å². The highest BCUT2D eigenvalue weighted by molar-refractivity contribution is 6.31. The van der Waals surface area contributed by atoms with Crippen molar-refractivity contribution in [1.82, 2.24) is 4.90 Å². The Kier molecular flexibility index (Phi) is 8.53. The molecule has 24 heavy (non-hydrogen) atoms. The average molecular weight is 357 g/mol. The number of benzene rings is 1. The second kappa shape index (κ2) is 9.87. The van der Waals surface area contributed by atoms with E-state index in [1.165, 1.54) is 0 Å². The fourth-order valence-electron chi connectivity index (χ4n) is 2.49. The smallest absolute Gasteiger partial charge is 0.225 e. The van der Waals surface area contributed by atoms with Crippen molar-refractivity contribution >= 4 is 23.2 Å². The molecule has 5 nitrogen and oxygen atoms in total. The van der Waals surface area contributed by atoms with Crippen LogP contribution in [0.1, 0.15) is 33.6 Å². The van der Waals surface area contributed by atoms with Crippen molar-refractivity contribution in [3.63, 3.8) is 0 Å². The van der Waals surface area contributed by atoms with Crippen molar-refractivity contribution in [3.05, 3.63) is 23.2 Å². The fourth-order valence-corrected chi connectivity index (χ4v) is 2.66. The second-order valence-electron chi connectivity index (χ2n) is 7.06. The Morgan fingerprint density at radius 2 is 2.04 bits per heavy atom. The van der Waals surface area contributed by atoms with Crippen LogP contribution in [0.3, 0.4) is 0 Å². The Bertz CT molecular complexity index is 529. The van der Waals surface area contributed by atoms with Crippen molar-refractivity contribution in [2.75, 3.05) is 38.7 Å². The summed E-state index contributed by atoms with van der Waals surface area (Å²) in [6, 6.07) is 5.12. The van der Waals surface area contributed by atoms with Gasteiger partial charge in [0, 0.05) is 37.7 Å². The number of hydrogen-bond acceptors (Lipinski definition) is 4. The maximum atomic E-state index is 12.2. The van der Waals surface area contributed by atoms with Gasteiger partial charge in [0.15, 0.2) is 0 Å². The zero-order valence-electron chi connectivity index (χ0n) is 15.1. The summed E-state index contributed by atoms with van der Waals surface area (Å²) in [6.45, 7) is 8.95. The Morgan fingerprint density at radius 3 is 2.62 bits per heavy atom. The van der Waals surface area contributed by atoms with Crippen molar-refractivity contribution in [2.24, 2.45) is 5.41 Å². The number of anilines is 1. The van der Waals surface area contributed by atoms with E-state index in [0.29, 0.717) is 35.8 Å². The molecule has 0 aliphatic rings. The standard InChI is InChI=1S/C18H29ClN2O3/c1-18(2,3)13-21(9-5-11-22)10-8-17(23)20-15-12-14(19)6-7-16(15)24-4/h6-7,12,22H,5,8-11,13H2,1-4H3,(H,20,23). The molecule has 6 heteroatoms. The molecule has 1 aromatic rings. The predicted molar refractivity (Wildman–Crippen MR) is 98.8 cm³/mol. The van der Waals surface area contributed by atoms with E-state index >= 15 is 0 Å². The number of aliphatic hydroxyl groups excluding tert-OH is 1. The van der Waals surface area contributed by atoms with E-state index in [0.717, 1.165) is 13.1 Å². The van der Waals surface area contributed by atoms with Gasteiger partial charge in [-0.05, 0) is 30.0 Å². The molecule has 0 bridgehead atoms. The van der Waals surface area contributed by atoms with Crippen LogP contribution >= 0.6 is 11.6 Å². The second-order valence-corrected chi connectivity index (χ2v) is 7.49. The van der Waals surface area contributed by atoms with Crippen LogP contribution in [0.5, 0.6) is 5.75 Å². The summed E-state index contributed by atoms with van der Waals surface area (Å²) in [5, 5.41) is 12.4. The highest BCUT2D eigenvalue weighted by atomic mass is 35.5. The summed E-state index contributed by atoms with van der Waals surface area (Å²) in [5.41, 5.74) is 0.718. The molecule has 0 aliphatic carbocycles. The molecule has 0 saturated heterocycles. The lowest BCUT2D eigenvalue weighted by atomic mass is 9.96. The summed E-state index contributed by atoms with van der Waals surface area (Å²) in [4.78, 5) is 14.5. The number of ether oxygens (including phenoxy) is 1. The summed E-state index contributed by atoms with van der Waals surface area (Å²) in [6.07, 6.45) is 1.08. The minimum atomic E-state index is -0.0847. The monoisotopic (exact) mass is 356 g/mol. The van der Waals surface area contributed by atoms with Gasteiger partial charge in [-0.25, -0.2) is 0 Å². The molecule has 0 unspecified atom stereocenters. The van der Waals surface area contributed by atoms with Crippen LogP contribution in [-0.4, -0.2) is 49.3 Å². The fraction of sp³-hybridized carbons (Fsp3) is 0.611. The Hall–Kier alpha value is -1.30. The van der Waals surface area contributed by atoms with Crippen LogP contribution in [0, 0.1) is 5.41 Å². The van der Waals surface area contributed by atoms with Crippen molar-refractivity contribution in [2.45, 2.75) is 33.6 Å². The van der Waals surface area contributed by atoms with Gasteiger partial charge in [-0.15, -0.1) is 0 Å². The van der Waals surface area contributed by atoms with E-state index in [-0.39, 0.29) is 17.9 Å². The first-order chi connectivity index (χ1) is 11.2. The van der Waals surface area contributed by atoms with Crippen LogP contribution in [0.4, 0.5) is 5.69 Å². The Balaban J connectivity index is 2.60. The molecule has 2 N–H and O–H groups in total. The third-order valence-corrected chi connectivity index (χ3v) is 3.66. The van der Waals surface area contributed by atoms with Gasteiger partial charge < -0.3 is 20.1 Å². The molecule has 0 aromatic heterocycles. The van der Waals surface area contributed by atoms with Gasteiger partial charge in [-0.3, -0.25) is 4.79 Å². The van der Waals surface area contributed by atoms with Crippen LogP contribution in [-0.2, 0) is 4.79 Å². The Morgan fingerprint density at radius 1 is 1.33 bits per heavy atom. The van der Waals surface area contributed by atoms with Crippen LogP contribution in [0.2, 0.25) is 5.02 Å². The van der Waals surface area contributed by atoms with Gasteiger partial charge in [0.05, 0.1) is 12.8 Å². The molecule has 0 aliphatic heterocycles. The van der Waals surface area contributed by atoms with Crippen molar-refractivity contribution in [3.8, 4) is 5.75 Å². The molecule has 0 radical (unpaired) electrons. The molecule has 0 saturated carbocycles. The number of methoxy groups -OCH3 is 1. The lowest BCUT2D eigenvalue weighted by Gasteiger charge is -2.29. The molecule has 1 rings (SSSR count). The number of carbonyl (C=O) groups is 1. The van der Waals surface area contributed by atoms with Crippen molar-refractivity contribution in [1.29, 1.82) is 0 Å². The number of hydrogen-bond donors (Lipinski definition) is 2. The van der Waals surface area contributed by atoms with Gasteiger partial charge in [0.25, 0.3) is 0 Å². The normalized spacial score (nSPS) is 11.6. The molecule has 1 aromatic carbocycles. The van der Waals surface area contributed by atoms with Crippen LogP contribution in [0.15, 0.2) is 18.2 Å². The lowest BCUT2D eigenvalue weighted by molar-refractivity contribution is -0.116. The molecule has 0 heterocycles. The highest BCUT2D eigenvalue weighted by Gasteiger charge is 2.17. The molecule has 0 fully saturated rings. The Labute approximate surface area is 149 Å². The maximum Gasteiger partial charge on any atom is 0.225 e. The van der Waals surface area contributed by atoms with Gasteiger partial charge >= 0.3 is 0 Å². The number of aliphatic hydroxyl groups is 1. The summed E-state index contributed by atoms with van der Waals surface area (Å²) in [7, 11) is 1.55. The number of carbonyl (C=O) groups excluding carboxylic acids is 1. The number of nitrogens with one attached hydrogen (secondary N) is 1. The molecule has 0 spiro atoms. The van der Waals surface area contributed by atoms with Gasteiger partial charge in [-0.1, -0.05) is 32.4 Å². The molecule has 0 atom stereocenters. The van der Waals surface area contributed by atoms with E-state index in [2.05, 4.69) is 31.0 Å². The van der Waals surface area contributed by atoms with Crippen molar-refractivity contribution < 1.29 is 14.6 Å². The van der Waals surface area contributed by atoms with Gasteiger partial charge in [0.2, 0.25) is 5.91 Å². The number of rotatable bonds is 9. The predicted octanol–water partition coefficient (Wildman–Crippen LogP) is 3.41. The quantitative estimate of drug-likeness (QED) is 0.711. The van der Waals surface area contributed by atoms with E-state index in [1.807, 2.05) is 0 Å². The first kappa shape index (κ1) is 20.7. The lowest BCUT2D eigenvalue weighted by Crippen LogP contribution is -2.36. The summed E-state index contributed by atoms with van der Waals surface area (Å²) in [5.74, 6) is 0.498. The molecular formula is C18H29ClN2O3. The van der Waals surface area contributed by atoms with Crippen LogP contribution in [0.25, 0.3) is 0 Å². The maximum absolute atomic E-state index is 12.2. The minimum Gasteiger partial charge on any atom is -0.495 e. The van der Waals surface area contributed by atoms with Crippen LogP contribution < -0.4 is 10.1 Å². The minimum absolute atomic E-state index is 0.0847. The largest absolute Gasteiger partial charge is 0.495 e. The third-order valence-electron chi connectivity index (χ3n) is 3.42. The first-order valence-electron chi connectivity index (χ1n) is 8.22. The summed E-state index contributed by atoms with van der Waals surface area (Å²) >= 11 is 5.98. The van der Waals surface area contributed by atoms with E-state index in [9.17, 15) is 4.79 Å². The highest BCUT2D eigenvalue weighted by Crippen LogP contribution is 2.27. The van der Waals surface area contributed by atoms with E-state index < -0.39 is 0 Å². The molecule has 1 amide bonds. The number of nitrogens with zero attached hydrogens (tertiary/aromatic N) is 1. The number of amides is 1. The van der Waals surface area contributed by atoms with Gasteiger partial charge in [0.1, 0.15) is 5.75 Å². The SMILES string of the molecule is COc1ccc(Cl)cc1NC(=O)CCN(CCCO)CC(C)(C)C. The van der Waals surface area contributed by atoms with E-state index in [4.69, 9.17) is 21.4 Å². The number of halogens is 1. The molecular weight excluding hydrogens is 328 g/mol. The zero-order valence-corrected chi connectivity index (χ0v) is 15.8. The average Bonchev–Trinajstić information content (AvgIpc) is 2.49. The topological polar surface area (TPSA) is 61.8 Å². The molecule has 136 valence electrons. The van der Waals surface area contributed by atoms with E-state index in [1.54, 1.807) is 25.3 Å². The summed E-state index contributed by atoms with van der Waals surface area (Å²) < 4.78 is 5.23. The first-order valence-corrected chi connectivity index (χ1v) is 8.59. The third kappa shape index (κ3) is 7.99. The zero-order chi connectivity index (χ0) is 18.2.